The summed E-state index contributed by atoms with van der Waals surface area (Å²) in [4.78, 5) is 34.8. The van der Waals surface area contributed by atoms with Crippen LogP contribution in [0.3, 0.4) is 0 Å². The molecule has 7 nitrogen and oxygen atoms in total. The Morgan fingerprint density at radius 2 is 1.75 bits per heavy atom. The highest BCUT2D eigenvalue weighted by Crippen LogP contribution is 2.07. The molecule has 132 valence electrons. The van der Waals surface area contributed by atoms with Gasteiger partial charge in [-0.2, -0.15) is 0 Å². The van der Waals surface area contributed by atoms with Gasteiger partial charge < -0.3 is 20.5 Å². The molecule has 0 aromatic heterocycles. The molecule has 1 rings (SSSR count). The van der Waals surface area contributed by atoms with Crippen molar-refractivity contribution in [3.05, 3.63) is 35.4 Å². The second-order valence-corrected chi connectivity index (χ2v) is 6.45. The zero-order valence-electron chi connectivity index (χ0n) is 14.4. The highest BCUT2D eigenvalue weighted by atomic mass is 16.6. The number of carbonyl (C=O) groups is 3. The van der Waals surface area contributed by atoms with Crippen LogP contribution in [-0.4, -0.2) is 41.3 Å². The van der Waals surface area contributed by atoms with Crippen LogP contribution in [0.2, 0.25) is 0 Å². The number of benzene rings is 1. The van der Waals surface area contributed by atoms with Gasteiger partial charge in [0.25, 0.3) is 5.91 Å². The fourth-order valence-electron chi connectivity index (χ4n) is 1.84. The zero-order chi connectivity index (χ0) is 18.3. The van der Waals surface area contributed by atoms with Gasteiger partial charge in [-0.25, -0.2) is 9.59 Å². The number of nitrogens with one attached hydrogen (secondary N) is 2. The van der Waals surface area contributed by atoms with Crippen LogP contribution in [0.1, 0.15) is 43.1 Å². The number of carboxylic acid groups (broad SMARTS) is 1. The smallest absolute Gasteiger partial charge is 0.408 e. The van der Waals surface area contributed by atoms with E-state index in [4.69, 9.17) is 9.84 Å². The standard InChI is InChI=1S/C17H24N2O5/c1-11-5-7-12(8-6-11)14(20)18-10-9-13(15(21)22)19-16(23)24-17(2,3)4/h5-8,13H,9-10H2,1-4H3,(H,18,20)(H,19,23)(H,21,22)/t13-/m0/s1. The Morgan fingerprint density at radius 1 is 1.17 bits per heavy atom. The summed E-state index contributed by atoms with van der Waals surface area (Å²) in [6.07, 6.45) is -0.758. The molecule has 0 saturated heterocycles. The molecule has 0 radical (unpaired) electrons. The summed E-state index contributed by atoms with van der Waals surface area (Å²) in [6, 6.07) is 5.88. The highest BCUT2D eigenvalue weighted by Gasteiger charge is 2.23. The summed E-state index contributed by atoms with van der Waals surface area (Å²) >= 11 is 0. The Balaban J connectivity index is 2.49. The molecule has 1 aromatic rings. The average molecular weight is 336 g/mol. The molecule has 0 spiro atoms. The minimum absolute atomic E-state index is 0.0478. The molecule has 24 heavy (non-hydrogen) atoms. The topological polar surface area (TPSA) is 105 Å². The number of ether oxygens (including phenoxy) is 1. The van der Waals surface area contributed by atoms with Crippen molar-refractivity contribution < 1.29 is 24.2 Å². The maximum Gasteiger partial charge on any atom is 0.408 e. The molecule has 3 N–H and O–H groups in total. The van der Waals surface area contributed by atoms with E-state index in [9.17, 15) is 14.4 Å². The summed E-state index contributed by atoms with van der Waals surface area (Å²) in [7, 11) is 0. The van der Waals surface area contributed by atoms with E-state index in [2.05, 4.69) is 10.6 Å². The number of aryl methyl sites for hydroxylation is 1. The van der Waals surface area contributed by atoms with Crippen LogP contribution < -0.4 is 10.6 Å². The first kappa shape index (κ1) is 19.5. The number of hydrogen-bond acceptors (Lipinski definition) is 4. The summed E-state index contributed by atoms with van der Waals surface area (Å²) in [5, 5.41) is 14.1. The van der Waals surface area contributed by atoms with Gasteiger partial charge in [0.2, 0.25) is 0 Å². The number of carbonyl (C=O) groups excluding carboxylic acids is 2. The molecule has 0 aliphatic carbocycles. The summed E-state index contributed by atoms with van der Waals surface area (Å²) in [5.41, 5.74) is 0.818. The van der Waals surface area contributed by atoms with Gasteiger partial charge in [0.15, 0.2) is 0 Å². The first-order valence-corrected chi connectivity index (χ1v) is 7.65. The third kappa shape index (κ3) is 7.13. The Hall–Kier alpha value is -2.57. The second-order valence-electron chi connectivity index (χ2n) is 6.45. The third-order valence-corrected chi connectivity index (χ3v) is 3.02. The molecule has 2 amide bonds. The van der Waals surface area contributed by atoms with E-state index >= 15 is 0 Å². The van der Waals surface area contributed by atoms with E-state index in [1.165, 1.54) is 0 Å². The zero-order valence-corrected chi connectivity index (χ0v) is 14.4. The summed E-state index contributed by atoms with van der Waals surface area (Å²) in [5.74, 6) is -1.48. The van der Waals surface area contributed by atoms with Gasteiger partial charge >= 0.3 is 12.1 Å². The molecular formula is C17H24N2O5. The molecule has 0 fully saturated rings. The fourth-order valence-corrected chi connectivity index (χ4v) is 1.84. The minimum Gasteiger partial charge on any atom is -0.480 e. The van der Waals surface area contributed by atoms with Crippen molar-refractivity contribution in [1.82, 2.24) is 10.6 Å². The molecule has 0 unspecified atom stereocenters. The highest BCUT2D eigenvalue weighted by molar-refractivity contribution is 5.94. The van der Waals surface area contributed by atoms with E-state index in [1.54, 1.807) is 32.9 Å². The first-order valence-electron chi connectivity index (χ1n) is 7.65. The molecular weight excluding hydrogens is 312 g/mol. The number of aliphatic carboxylic acids is 1. The Labute approximate surface area is 141 Å². The van der Waals surface area contributed by atoms with Crippen LogP contribution in [0.25, 0.3) is 0 Å². The molecule has 0 aliphatic rings. The molecule has 0 bridgehead atoms. The van der Waals surface area contributed by atoms with Crippen molar-refractivity contribution in [2.24, 2.45) is 0 Å². The van der Waals surface area contributed by atoms with Gasteiger partial charge in [-0.05, 0) is 46.2 Å². The van der Waals surface area contributed by atoms with Crippen LogP contribution >= 0.6 is 0 Å². The Kier molecular flexibility index (Phi) is 6.76. The molecule has 0 heterocycles. The quantitative estimate of drug-likeness (QED) is 0.738. The lowest BCUT2D eigenvalue weighted by molar-refractivity contribution is -0.139. The number of carboxylic acids is 1. The van der Waals surface area contributed by atoms with Crippen molar-refractivity contribution in [2.45, 2.75) is 45.8 Å². The van der Waals surface area contributed by atoms with E-state index in [-0.39, 0.29) is 18.9 Å². The Morgan fingerprint density at radius 3 is 2.25 bits per heavy atom. The van der Waals surface area contributed by atoms with E-state index < -0.39 is 23.7 Å². The third-order valence-electron chi connectivity index (χ3n) is 3.02. The van der Waals surface area contributed by atoms with Crippen LogP contribution in [0, 0.1) is 6.92 Å². The van der Waals surface area contributed by atoms with Gasteiger partial charge in [0.1, 0.15) is 11.6 Å². The lowest BCUT2D eigenvalue weighted by atomic mass is 10.1. The molecule has 0 aliphatic heterocycles. The van der Waals surface area contributed by atoms with E-state index in [0.717, 1.165) is 5.56 Å². The number of rotatable bonds is 6. The number of hydrogen-bond donors (Lipinski definition) is 3. The van der Waals surface area contributed by atoms with Crippen LogP contribution in [0.15, 0.2) is 24.3 Å². The van der Waals surface area contributed by atoms with Crippen molar-refractivity contribution in [3.8, 4) is 0 Å². The molecule has 1 aromatic carbocycles. The molecule has 1 atom stereocenters. The summed E-state index contributed by atoms with van der Waals surface area (Å²) in [6.45, 7) is 7.08. The number of alkyl carbamates (subject to hydrolysis) is 1. The van der Waals surface area contributed by atoms with Crippen molar-refractivity contribution >= 4 is 18.0 Å². The van der Waals surface area contributed by atoms with Gasteiger partial charge in [-0.3, -0.25) is 4.79 Å². The van der Waals surface area contributed by atoms with Crippen LogP contribution in [-0.2, 0) is 9.53 Å². The molecule has 7 heteroatoms. The van der Waals surface area contributed by atoms with Gasteiger partial charge in [-0.1, -0.05) is 17.7 Å². The predicted octanol–water partition coefficient (Wildman–Crippen LogP) is 2.09. The fraction of sp³-hybridized carbons (Fsp3) is 0.471. The average Bonchev–Trinajstić information content (AvgIpc) is 2.44. The maximum atomic E-state index is 11.9. The van der Waals surface area contributed by atoms with Crippen molar-refractivity contribution in [1.29, 1.82) is 0 Å². The van der Waals surface area contributed by atoms with Gasteiger partial charge in [0.05, 0.1) is 0 Å². The SMILES string of the molecule is Cc1ccc(C(=O)NCC[C@H](NC(=O)OC(C)(C)C)C(=O)O)cc1. The monoisotopic (exact) mass is 336 g/mol. The lowest BCUT2D eigenvalue weighted by Gasteiger charge is -2.22. The minimum atomic E-state index is -1.19. The maximum absolute atomic E-state index is 11.9. The van der Waals surface area contributed by atoms with Crippen LogP contribution in [0.5, 0.6) is 0 Å². The Bertz CT molecular complexity index is 590. The second kappa shape index (κ2) is 8.33. The van der Waals surface area contributed by atoms with Crippen molar-refractivity contribution in [2.75, 3.05) is 6.54 Å². The first-order chi connectivity index (χ1) is 11.1. The van der Waals surface area contributed by atoms with Crippen LogP contribution in [0.4, 0.5) is 4.79 Å². The van der Waals surface area contributed by atoms with Gasteiger partial charge in [-0.15, -0.1) is 0 Å². The lowest BCUT2D eigenvalue weighted by Crippen LogP contribution is -2.45. The van der Waals surface area contributed by atoms with E-state index in [1.807, 2.05) is 19.1 Å². The largest absolute Gasteiger partial charge is 0.480 e. The van der Waals surface area contributed by atoms with Gasteiger partial charge in [0, 0.05) is 12.1 Å². The summed E-state index contributed by atoms with van der Waals surface area (Å²) < 4.78 is 5.03. The predicted molar refractivity (Wildman–Crippen MR) is 88.9 cm³/mol. The molecule has 0 saturated carbocycles. The normalized spacial score (nSPS) is 12.2. The number of amides is 2. The van der Waals surface area contributed by atoms with Crippen molar-refractivity contribution in [3.63, 3.8) is 0 Å². The van der Waals surface area contributed by atoms with E-state index in [0.29, 0.717) is 5.56 Å².